The van der Waals surface area contributed by atoms with Crippen LogP contribution in [0.4, 0.5) is 0 Å². The second-order valence-electron chi connectivity index (χ2n) is 10.8. The number of aromatic nitrogens is 1. The van der Waals surface area contributed by atoms with Gasteiger partial charge in [0, 0.05) is 36.8 Å². The number of benzene rings is 3. The van der Waals surface area contributed by atoms with Crippen LogP contribution in [0, 0.1) is 6.92 Å². The molecule has 214 valence electrons. The van der Waals surface area contributed by atoms with Crippen molar-refractivity contribution in [1.82, 2.24) is 15.2 Å². The summed E-state index contributed by atoms with van der Waals surface area (Å²) in [6, 6.07) is 24.3. The Morgan fingerprint density at radius 3 is 2.55 bits per heavy atom. The molecule has 0 saturated carbocycles. The first-order valence-corrected chi connectivity index (χ1v) is 14.3. The van der Waals surface area contributed by atoms with Gasteiger partial charge in [-0.25, -0.2) is 0 Å². The highest BCUT2D eigenvalue weighted by atomic mass is 16.5. The van der Waals surface area contributed by atoms with Crippen LogP contribution < -0.4 is 20.3 Å². The Morgan fingerprint density at radius 2 is 1.71 bits per heavy atom. The van der Waals surface area contributed by atoms with E-state index in [1.807, 2.05) is 71.6 Å². The van der Waals surface area contributed by atoms with E-state index in [2.05, 4.69) is 10.3 Å². The zero-order valence-electron chi connectivity index (χ0n) is 23.5. The van der Waals surface area contributed by atoms with Gasteiger partial charge in [-0.15, -0.1) is 0 Å². The van der Waals surface area contributed by atoms with Crippen LogP contribution in [0.2, 0.25) is 0 Å². The molecule has 2 amide bonds. The fourth-order valence-electron chi connectivity index (χ4n) is 5.69. The third-order valence-electron chi connectivity index (χ3n) is 7.72. The number of carbonyl (C=O) groups is 2. The third-order valence-corrected chi connectivity index (χ3v) is 7.72. The van der Waals surface area contributed by atoms with E-state index in [0.717, 1.165) is 22.3 Å². The van der Waals surface area contributed by atoms with Crippen molar-refractivity contribution in [1.29, 1.82) is 0 Å². The predicted molar refractivity (Wildman–Crippen MR) is 159 cm³/mol. The van der Waals surface area contributed by atoms with Gasteiger partial charge in [-0.2, -0.15) is 0 Å². The molecule has 9 rings (SSSR count). The Hall–Kier alpha value is -4.85. The number of H-pyrrole nitrogens is 1. The molecule has 0 radical (unpaired) electrons. The average molecular weight is 564 g/mol. The van der Waals surface area contributed by atoms with Crippen LogP contribution >= 0.6 is 0 Å². The van der Waals surface area contributed by atoms with E-state index in [1.54, 1.807) is 13.0 Å². The summed E-state index contributed by atoms with van der Waals surface area (Å²) in [5.41, 5.74) is 4.78. The van der Waals surface area contributed by atoms with Crippen molar-refractivity contribution in [3.05, 3.63) is 123 Å². The maximum Gasteiger partial charge on any atom is 0.254 e. The molecule has 4 aromatic rings. The Labute approximate surface area is 244 Å². The summed E-state index contributed by atoms with van der Waals surface area (Å²) in [5.74, 6) is 1.93. The van der Waals surface area contributed by atoms with Crippen molar-refractivity contribution in [3.8, 4) is 17.2 Å². The van der Waals surface area contributed by atoms with E-state index in [9.17, 15) is 14.4 Å². The van der Waals surface area contributed by atoms with Crippen LogP contribution in [0.25, 0.3) is 0 Å². The summed E-state index contributed by atoms with van der Waals surface area (Å²) >= 11 is 0. The number of aromatic amines is 1. The van der Waals surface area contributed by atoms with E-state index in [-0.39, 0.29) is 23.4 Å². The molecule has 8 heteroatoms. The van der Waals surface area contributed by atoms with Gasteiger partial charge in [0.15, 0.2) is 0 Å². The molecule has 0 saturated heterocycles. The van der Waals surface area contributed by atoms with E-state index in [1.165, 1.54) is 6.07 Å². The number of nitrogens with one attached hydrogen (secondary N) is 2. The van der Waals surface area contributed by atoms with Crippen molar-refractivity contribution in [2.45, 2.75) is 38.6 Å². The molecule has 6 heterocycles. The zero-order chi connectivity index (χ0) is 29.1. The van der Waals surface area contributed by atoms with Crippen LogP contribution in [0.5, 0.6) is 17.2 Å². The van der Waals surface area contributed by atoms with Gasteiger partial charge in [-0.05, 0) is 90.9 Å². The number of pyridine rings is 1. The number of amides is 2. The Balaban J connectivity index is 1.39. The van der Waals surface area contributed by atoms with E-state index in [4.69, 9.17) is 9.47 Å². The van der Waals surface area contributed by atoms with Crippen molar-refractivity contribution >= 4 is 11.8 Å². The molecule has 0 aliphatic carbocycles. The van der Waals surface area contributed by atoms with E-state index >= 15 is 0 Å². The lowest BCUT2D eigenvalue weighted by Crippen LogP contribution is -2.41. The number of rotatable bonds is 1. The second kappa shape index (κ2) is 11.9. The molecule has 5 aliphatic heterocycles. The number of hydrogen-bond donors (Lipinski definition) is 2. The highest BCUT2D eigenvalue weighted by molar-refractivity contribution is 5.95. The van der Waals surface area contributed by atoms with Crippen LogP contribution in [0.1, 0.15) is 57.2 Å². The van der Waals surface area contributed by atoms with E-state index < -0.39 is 0 Å². The SMILES string of the molecule is Cc1cc(C(=O)N2CCc3cc4ccc3C2c2cccc(c2)OCCCNC(=O)CCc2ccc(cc2)O4)cc(=O)[nH]1. The zero-order valence-corrected chi connectivity index (χ0v) is 23.5. The molecule has 1 atom stereocenters. The third kappa shape index (κ3) is 6.07. The summed E-state index contributed by atoms with van der Waals surface area (Å²) in [7, 11) is 0. The first kappa shape index (κ1) is 27.3. The maximum atomic E-state index is 13.9. The average Bonchev–Trinajstić information content (AvgIpc) is 2.99. The Bertz CT molecular complexity index is 1680. The van der Waals surface area contributed by atoms with Crippen LogP contribution in [0.15, 0.2) is 83.7 Å². The minimum absolute atomic E-state index is 0.0113. The van der Waals surface area contributed by atoms with Crippen LogP contribution in [0.3, 0.4) is 0 Å². The summed E-state index contributed by atoms with van der Waals surface area (Å²) in [6.07, 6.45) is 2.39. The second-order valence-corrected chi connectivity index (χ2v) is 10.8. The van der Waals surface area contributed by atoms with Gasteiger partial charge >= 0.3 is 0 Å². The van der Waals surface area contributed by atoms with E-state index in [0.29, 0.717) is 73.9 Å². The molecular formula is C34H33N3O5. The summed E-state index contributed by atoms with van der Waals surface area (Å²) in [4.78, 5) is 43.0. The minimum Gasteiger partial charge on any atom is -0.494 e. The fourth-order valence-corrected chi connectivity index (χ4v) is 5.69. The number of nitrogens with zero attached hydrogens (tertiary/aromatic N) is 1. The lowest BCUT2D eigenvalue weighted by molar-refractivity contribution is -0.121. The Kier molecular flexibility index (Phi) is 7.77. The maximum absolute atomic E-state index is 13.9. The number of aryl methyl sites for hydroxylation is 2. The first-order valence-electron chi connectivity index (χ1n) is 14.3. The molecular weight excluding hydrogens is 530 g/mol. The quantitative estimate of drug-likeness (QED) is 0.336. The molecule has 8 nitrogen and oxygen atoms in total. The lowest BCUT2D eigenvalue weighted by atomic mass is 9.87. The summed E-state index contributed by atoms with van der Waals surface area (Å²) < 4.78 is 12.3. The van der Waals surface area contributed by atoms with Gasteiger partial charge in [0.1, 0.15) is 17.2 Å². The van der Waals surface area contributed by atoms with Gasteiger partial charge in [-0.3, -0.25) is 14.4 Å². The number of hydrogen-bond acceptors (Lipinski definition) is 5. The van der Waals surface area contributed by atoms with Crippen molar-refractivity contribution in [3.63, 3.8) is 0 Å². The molecule has 0 spiro atoms. The molecule has 8 bridgehead atoms. The number of ether oxygens (including phenoxy) is 2. The highest BCUT2D eigenvalue weighted by Crippen LogP contribution is 2.39. The van der Waals surface area contributed by atoms with Crippen molar-refractivity contribution < 1.29 is 19.1 Å². The monoisotopic (exact) mass is 563 g/mol. The molecule has 5 aliphatic rings. The van der Waals surface area contributed by atoms with Gasteiger partial charge in [0.2, 0.25) is 11.5 Å². The van der Waals surface area contributed by atoms with Gasteiger partial charge < -0.3 is 24.7 Å². The summed E-state index contributed by atoms with van der Waals surface area (Å²) in [5, 5.41) is 2.97. The Morgan fingerprint density at radius 1 is 0.881 bits per heavy atom. The molecule has 2 N–H and O–H groups in total. The molecule has 3 aromatic carbocycles. The number of carbonyl (C=O) groups excluding carboxylic acids is 2. The largest absolute Gasteiger partial charge is 0.494 e. The summed E-state index contributed by atoms with van der Waals surface area (Å²) in [6.45, 7) is 3.22. The fraction of sp³-hybridized carbons (Fsp3) is 0.265. The highest BCUT2D eigenvalue weighted by Gasteiger charge is 2.33. The standard InChI is InChI=1S/C34H33N3O5/c1-22-18-26(21-32(39)36-22)34(40)37-16-14-24-19-29-11-12-30(24)33(37)25-4-2-5-28(20-25)41-17-3-15-35-31(38)13-8-23-6-9-27(42-29)10-7-23/h2,4-7,9-12,18-21,33H,3,8,13-17H2,1H3,(H,35,38)(H,36,39). The molecule has 1 aromatic heterocycles. The van der Waals surface area contributed by atoms with Gasteiger partial charge in [0.05, 0.1) is 12.6 Å². The van der Waals surface area contributed by atoms with Gasteiger partial charge in [-0.1, -0.05) is 30.3 Å². The van der Waals surface area contributed by atoms with Gasteiger partial charge in [0.25, 0.3) is 5.91 Å². The molecule has 1 unspecified atom stereocenters. The van der Waals surface area contributed by atoms with Crippen molar-refractivity contribution in [2.24, 2.45) is 0 Å². The smallest absolute Gasteiger partial charge is 0.254 e. The van der Waals surface area contributed by atoms with Crippen LogP contribution in [-0.2, 0) is 17.6 Å². The van der Waals surface area contributed by atoms with Crippen LogP contribution in [-0.4, -0.2) is 41.4 Å². The normalized spacial score (nSPS) is 17.0. The predicted octanol–water partition coefficient (Wildman–Crippen LogP) is 5.09. The molecule has 0 fully saturated rings. The molecule has 42 heavy (non-hydrogen) atoms. The first-order chi connectivity index (χ1) is 20.4. The lowest BCUT2D eigenvalue weighted by Gasteiger charge is -2.38. The van der Waals surface area contributed by atoms with Crippen molar-refractivity contribution in [2.75, 3.05) is 19.7 Å². The topological polar surface area (TPSA) is 101 Å². The minimum atomic E-state index is -0.383.